The number of rotatable bonds is 4. The van der Waals surface area contributed by atoms with E-state index in [1.165, 1.54) is 45.3 Å². The molecule has 2 heteroatoms. The molecule has 1 saturated heterocycles. The van der Waals surface area contributed by atoms with Crippen LogP contribution in [0.4, 0.5) is 0 Å². The second kappa shape index (κ2) is 4.89. The Morgan fingerprint density at radius 3 is 2.53 bits per heavy atom. The Morgan fingerprint density at radius 1 is 1.29 bits per heavy atom. The van der Waals surface area contributed by atoms with Crippen molar-refractivity contribution < 1.29 is 0 Å². The molecule has 100 valence electrons. The summed E-state index contributed by atoms with van der Waals surface area (Å²) in [6.45, 7) is 13.2. The van der Waals surface area contributed by atoms with Gasteiger partial charge in [-0.15, -0.1) is 0 Å². The van der Waals surface area contributed by atoms with Crippen LogP contribution in [0.3, 0.4) is 0 Å². The van der Waals surface area contributed by atoms with Crippen molar-refractivity contribution in [2.75, 3.05) is 19.6 Å². The van der Waals surface area contributed by atoms with E-state index in [4.69, 9.17) is 0 Å². The first kappa shape index (κ1) is 13.4. The molecule has 2 aliphatic rings. The minimum Gasteiger partial charge on any atom is -0.316 e. The van der Waals surface area contributed by atoms with E-state index in [0.717, 1.165) is 12.0 Å². The average molecular weight is 238 g/mol. The molecular weight excluding hydrogens is 208 g/mol. The van der Waals surface area contributed by atoms with Gasteiger partial charge in [0.05, 0.1) is 0 Å². The lowest BCUT2D eigenvalue weighted by Crippen LogP contribution is -2.43. The van der Waals surface area contributed by atoms with Gasteiger partial charge in [-0.1, -0.05) is 27.7 Å². The minimum atomic E-state index is 0.507. The van der Waals surface area contributed by atoms with E-state index in [2.05, 4.69) is 38.3 Å². The third-order valence-electron chi connectivity index (χ3n) is 5.21. The van der Waals surface area contributed by atoms with Crippen LogP contribution in [0.15, 0.2) is 0 Å². The highest BCUT2D eigenvalue weighted by molar-refractivity contribution is 4.94. The fourth-order valence-electron chi connectivity index (χ4n) is 3.57. The molecule has 0 aromatic rings. The van der Waals surface area contributed by atoms with Gasteiger partial charge in [-0.2, -0.15) is 0 Å². The molecule has 2 N–H and O–H groups in total. The van der Waals surface area contributed by atoms with E-state index in [-0.39, 0.29) is 0 Å². The van der Waals surface area contributed by atoms with Crippen LogP contribution in [-0.4, -0.2) is 25.7 Å². The van der Waals surface area contributed by atoms with Gasteiger partial charge in [0.15, 0.2) is 0 Å². The topological polar surface area (TPSA) is 24.1 Å². The molecule has 0 bridgehead atoms. The molecule has 0 aromatic carbocycles. The van der Waals surface area contributed by atoms with Crippen LogP contribution >= 0.6 is 0 Å². The van der Waals surface area contributed by atoms with Gasteiger partial charge in [0.25, 0.3) is 0 Å². The Bertz CT molecular complexity index is 252. The standard InChI is InChI=1S/C15H30N2/c1-12(2)15(7-8-16-10-15)11-17-13-5-6-14(3,4)9-13/h12-13,16-17H,5-11H2,1-4H3. The summed E-state index contributed by atoms with van der Waals surface area (Å²) < 4.78 is 0. The number of nitrogens with one attached hydrogen (secondary N) is 2. The number of hydrogen-bond donors (Lipinski definition) is 2. The first-order valence-electron chi connectivity index (χ1n) is 7.38. The molecule has 1 saturated carbocycles. The summed E-state index contributed by atoms with van der Waals surface area (Å²) in [6.07, 6.45) is 5.45. The summed E-state index contributed by atoms with van der Waals surface area (Å²) in [5.41, 5.74) is 1.07. The molecule has 0 spiro atoms. The summed E-state index contributed by atoms with van der Waals surface area (Å²) in [7, 11) is 0. The summed E-state index contributed by atoms with van der Waals surface area (Å²) >= 11 is 0. The highest BCUT2D eigenvalue weighted by atomic mass is 15.0. The molecule has 2 rings (SSSR count). The van der Waals surface area contributed by atoms with Crippen molar-refractivity contribution in [2.45, 2.75) is 59.4 Å². The van der Waals surface area contributed by atoms with Crippen LogP contribution in [0.5, 0.6) is 0 Å². The van der Waals surface area contributed by atoms with Crippen molar-refractivity contribution in [1.29, 1.82) is 0 Å². The van der Waals surface area contributed by atoms with Gasteiger partial charge in [-0.25, -0.2) is 0 Å². The van der Waals surface area contributed by atoms with Gasteiger partial charge in [-0.3, -0.25) is 0 Å². The quantitative estimate of drug-likeness (QED) is 0.787. The van der Waals surface area contributed by atoms with Crippen molar-refractivity contribution in [3.63, 3.8) is 0 Å². The zero-order valence-corrected chi connectivity index (χ0v) is 12.1. The van der Waals surface area contributed by atoms with Gasteiger partial charge < -0.3 is 10.6 Å². The van der Waals surface area contributed by atoms with Crippen molar-refractivity contribution in [1.82, 2.24) is 10.6 Å². The first-order chi connectivity index (χ1) is 7.94. The molecule has 0 aromatic heterocycles. The van der Waals surface area contributed by atoms with Crippen LogP contribution in [0.25, 0.3) is 0 Å². The first-order valence-corrected chi connectivity index (χ1v) is 7.38. The monoisotopic (exact) mass is 238 g/mol. The number of hydrogen-bond acceptors (Lipinski definition) is 2. The molecule has 1 heterocycles. The maximum absolute atomic E-state index is 3.86. The zero-order valence-electron chi connectivity index (χ0n) is 12.1. The highest BCUT2D eigenvalue weighted by Crippen LogP contribution is 2.38. The van der Waals surface area contributed by atoms with Crippen molar-refractivity contribution in [2.24, 2.45) is 16.7 Å². The Balaban J connectivity index is 1.84. The molecule has 17 heavy (non-hydrogen) atoms. The van der Waals surface area contributed by atoms with Crippen LogP contribution < -0.4 is 10.6 Å². The highest BCUT2D eigenvalue weighted by Gasteiger charge is 2.38. The second-order valence-electron chi connectivity index (χ2n) is 7.43. The Hall–Kier alpha value is -0.0800. The SMILES string of the molecule is CC(C)C1(CNC2CCC(C)(C)C2)CCNC1. The summed E-state index contributed by atoms with van der Waals surface area (Å²) in [5, 5.41) is 7.41. The molecule has 2 nitrogen and oxygen atoms in total. The van der Waals surface area contributed by atoms with Crippen molar-refractivity contribution in [3.05, 3.63) is 0 Å². The van der Waals surface area contributed by atoms with E-state index < -0.39 is 0 Å². The maximum Gasteiger partial charge on any atom is 0.00725 e. The fraction of sp³-hybridized carbons (Fsp3) is 1.00. The Kier molecular flexibility index (Phi) is 3.84. The van der Waals surface area contributed by atoms with Crippen molar-refractivity contribution in [3.8, 4) is 0 Å². The molecule has 2 unspecified atom stereocenters. The van der Waals surface area contributed by atoms with Crippen LogP contribution in [0.2, 0.25) is 0 Å². The summed E-state index contributed by atoms with van der Waals surface area (Å²) in [4.78, 5) is 0. The van der Waals surface area contributed by atoms with E-state index in [9.17, 15) is 0 Å². The molecule has 2 fully saturated rings. The van der Waals surface area contributed by atoms with Gasteiger partial charge in [-0.05, 0) is 49.0 Å². The van der Waals surface area contributed by atoms with E-state index in [1.54, 1.807) is 0 Å². The zero-order chi connectivity index (χ0) is 12.5. The lowest BCUT2D eigenvalue weighted by molar-refractivity contribution is 0.198. The molecule has 1 aliphatic heterocycles. The molecule has 0 amide bonds. The van der Waals surface area contributed by atoms with E-state index >= 15 is 0 Å². The summed E-state index contributed by atoms with van der Waals surface area (Å²) in [5.74, 6) is 0.777. The van der Waals surface area contributed by atoms with Crippen LogP contribution in [0.1, 0.15) is 53.4 Å². The van der Waals surface area contributed by atoms with Crippen LogP contribution in [0, 0.1) is 16.7 Å². The normalized spacial score (nSPS) is 36.9. The van der Waals surface area contributed by atoms with Gasteiger partial charge in [0.1, 0.15) is 0 Å². The Labute approximate surface area is 107 Å². The Morgan fingerprint density at radius 2 is 2.06 bits per heavy atom. The van der Waals surface area contributed by atoms with Crippen molar-refractivity contribution >= 4 is 0 Å². The third-order valence-corrected chi connectivity index (χ3v) is 5.21. The van der Waals surface area contributed by atoms with Crippen LogP contribution in [-0.2, 0) is 0 Å². The fourth-order valence-corrected chi connectivity index (χ4v) is 3.57. The second-order valence-corrected chi connectivity index (χ2v) is 7.43. The summed E-state index contributed by atoms with van der Waals surface area (Å²) in [6, 6.07) is 0.765. The maximum atomic E-state index is 3.86. The third kappa shape index (κ3) is 3.03. The van der Waals surface area contributed by atoms with Gasteiger partial charge >= 0.3 is 0 Å². The largest absolute Gasteiger partial charge is 0.316 e. The molecular formula is C15H30N2. The minimum absolute atomic E-state index is 0.507. The van der Waals surface area contributed by atoms with Gasteiger partial charge in [0, 0.05) is 19.1 Å². The van der Waals surface area contributed by atoms with Gasteiger partial charge in [0.2, 0.25) is 0 Å². The smallest absolute Gasteiger partial charge is 0.00725 e. The van der Waals surface area contributed by atoms with E-state index in [1.807, 2.05) is 0 Å². The molecule has 0 radical (unpaired) electrons. The van der Waals surface area contributed by atoms with E-state index in [0.29, 0.717) is 10.8 Å². The predicted octanol–water partition coefficient (Wildman–Crippen LogP) is 2.79. The predicted molar refractivity (Wildman–Crippen MR) is 74.2 cm³/mol. The lowest BCUT2D eigenvalue weighted by Gasteiger charge is -2.34. The molecule has 2 atom stereocenters. The molecule has 1 aliphatic carbocycles. The average Bonchev–Trinajstić information content (AvgIpc) is 2.82. The lowest BCUT2D eigenvalue weighted by atomic mass is 9.76.